The molecule has 0 radical (unpaired) electrons. The van der Waals surface area contributed by atoms with E-state index in [-0.39, 0.29) is 147 Å². The molecule has 0 heterocycles. The van der Waals surface area contributed by atoms with E-state index < -0.39 is 72.4 Å². The minimum atomic E-state index is -4.99. The zero-order chi connectivity index (χ0) is 80.0. The summed E-state index contributed by atoms with van der Waals surface area (Å²) in [5.41, 5.74) is 0. The maximum absolute atomic E-state index is 13.3. The van der Waals surface area contributed by atoms with Gasteiger partial charge in [-0.1, -0.05) is 324 Å². The quantitative estimate of drug-likeness (QED) is 0.0145. The SMILES string of the molecule is CCCCCCCCCCCCCC(=O)N[C@H](COCC[C@@H](CCCCCCC)OC(=O)CCCCCCCCCCC)COP(=O)([O-])OCCNC(=O)CC(=O)NCCOP(=O)([O-])OC[C@@H](COCC[C@@H](CCCCCCC)OC(=O)CCCCCCCCCCC)NC(=O)CCCCCCCCCCCCC.[Na+].[Na+]. The van der Waals surface area contributed by atoms with Gasteiger partial charge in [0.2, 0.25) is 23.6 Å². The first-order chi connectivity index (χ1) is 52.9. The number of phosphoric ester groups is 2. The Morgan fingerprint density at radius 2 is 0.532 bits per heavy atom. The van der Waals surface area contributed by atoms with Crippen molar-refractivity contribution in [3.8, 4) is 0 Å². The summed E-state index contributed by atoms with van der Waals surface area (Å²) in [6, 6.07) is -1.72. The van der Waals surface area contributed by atoms with E-state index in [1.165, 1.54) is 167 Å². The summed E-state index contributed by atoms with van der Waals surface area (Å²) in [6.07, 6.45) is 58.4. The van der Waals surface area contributed by atoms with E-state index in [2.05, 4.69) is 62.8 Å². The molecule has 4 amide bonds. The molecule has 22 nitrogen and oxygen atoms in total. The predicted octanol–water partition coefficient (Wildman–Crippen LogP) is 14.2. The number of phosphoric acid groups is 2. The fourth-order valence-electron chi connectivity index (χ4n) is 13.2. The maximum atomic E-state index is 13.3. The number of esters is 2. The number of carbonyl (C=O) groups is 6. The molecule has 644 valence electrons. The van der Waals surface area contributed by atoms with Gasteiger partial charge in [-0.25, -0.2) is 0 Å². The van der Waals surface area contributed by atoms with Gasteiger partial charge in [0.1, 0.15) is 18.6 Å². The van der Waals surface area contributed by atoms with Crippen molar-refractivity contribution in [1.82, 2.24) is 21.3 Å². The Kier molecular flexibility index (Phi) is 87.8. The van der Waals surface area contributed by atoms with Gasteiger partial charge < -0.3 is 68.1 Å². The van der Waals surface area contributed by atoms with Crippen molar-refractivity contribution in [1.29, 1.82) is 0 Å². The topological polar surface area (TPSA) is 305 Å². The van der Waals surface area contributed by atoms with Crippen LogP contribution in [0.3, 0.4) is 0 Å². The number of ether oxygens (including phenoxy) is 4. The average Bonchev–Trinajstić information content (AvgIpc) is 0.922. The zero-order valence-electron chi connectivity index (χ0n) is 72.3. The van der Waals surface area contributed by atoms with Crippen LogP contribution >= 0.6 is 15.6 Å². The molecule has 4 N–H and O–H groups in total. The van der Waals surface area contributed by atoms with Crippen LogP contribution in [0.2, 0.25) is 0 Å². The second-order valence-electron chi connectivity index (χ2n) is 30.6. The Hall–Kier alpha value is -1.04. The Morgan fingerprint density at radius 3 is 0.802 bits per heavy atom. The fourth-order valence-corrected chi connectivity index (χ4v) is 14.7. The van der Waals surface area contributed by atoms with Crippen LogP contribution in [0.5, 0.6) is 0 Å². The van der Waals surface area contributed by atoms with Gasteiger partial charge >= 0.3 is 71.1 Å². The van der Waals surface area contributed by atoms with Crippen LogP contribution in [0, 0.1) is 0 Å². The van der Waals surface area contributed by atoms with Crippen molar-refractivity contribution in [2.75, 3.05) is 65.9 Å². The van der Waals surface area contributed by atoms with E-state index >= 15 is 0 Å². The van der Waals surface area contributed by atoms with E-state index in [0.29, 0.717) is 51.4 Å². The van der Waals surface area contributed by atoms with Crippen LogP contribution in [0.1, 0.15) is 420 Å². The summed E-state index contributed by atoms with van der Waals surface area (Å²) in [6.45, 7) is 10.8. The van der Waals surface area contributed by atoms with E-state index in [0.717, 1.165) is 141 Å². The minimum absolute atomic E-state index is 0. The molecule has 2 unspecified atom stereocenters. The third kappa shape index (κ3) is 82.4. The van der Waals surface area contributed by atoms with Crippen molar-refractivity contribution < 1.29 is 144 Å². The fraction of sp³-hybridized carbons (Fsp3) is 0.929. The molecule has 0 aliphatic heterocycles. The molecule has 0 spiro atoms. The molecule has 0 saturated carbocycles. The molecular weight excluding hydrogens is 1470 g/mol. The van der Waals surface area contributed by atoms with Crippen LogP contribution in [0.15, 0.2) is 0 Å². The number of amides is 4. The maximum Gasteiger partial charge on any atom is 1.00 e. The molecule has 0 saturated heterocycles. The van der Waals surface area contributed by atoms with Crippen LogP contribution in [0.25, 0.3) is 0 Å². The van der Waals surface area contributed by atoms with Crippen molar-refractivity contribution >= 4 is 51.2 Å². The molecule has 0 aliphatic rings. The Balaban J connectivity index is -0.0000583. The van der Waals surface area contributed by atoms with Crippen LogP contribution < -0.4 is 90.2 Å². The second-order valence-corrected chi connectivity index (χ2v) is 33.5. The smallest absolute Gasteiger partial charge is 0.756 e. The van der Waals surface area contributed by atoms with Crippen LogP contribution in [-0.4, -0.2) is 126 Å². The van der Waals surface area contributed by atoms with Gasteiger partial charge in [0.15, 0.2) is 0 Å². The first-order valence-electron chi connectivity index (χ1n) is 44.8. The number of hydrogen-bond acceptors (Lipinski definition) is 18. The Morgan fingerprint density at radius 1 is 0.288 bits per heavy atom. The van der Waals surface area contributed by atoms with Crippen LogP contribution in [0.4, 0.5) is 0 Å². The number of unbranched alkanes of at least 4 members (excludes halogenated alkanes) is 44. The molecule has 111 heavy (non-hydrogen) atoms. The van der Waals surface area contributed by atoms with E-state index in [4.69, 9.17) is 37.0 Å². The molecule has 0 aromatic heterocycles. The first kappa shape index (κ1) is 114. The van der Waals surface area contributed by atoms with Gasteiger partial charge in [-0.2, -0.15) is 0 Å². The van der Waals surface area contributed by atoms with Gasteiger partial charge in [-0.05, 0) is 51.4 Å². The van der Waals surface area contributed by atoms with Gasteiger partial charge in [-0.15, -0.1) is 0 Å². The van der Waals surface area contributed by atoms with Gasteiger partial charge in [0.05, 0.1) is 64.9 Å². The van der Waals surface area contributed by atoms with Crippen molar-refractivity contribution in [3.05, 3.63) is 0 Å². The van der Waals surface area contributed by atoms with Crippen molar-refractivity contribution in [3.63, 3.8) is 0 Å². The standard InChI is InChI=1S/C85H166N4O18P2.2Na/c1-7-13-19-25-29-33-35-39-41-47-53-59-80(90)88-76(72-100-67-63-78(57-51-45-23-17-11-5)106-84(94)61-55-49-43-37-31-27-21-15-9-3)74-104-108(96,97)102-69-65-86-82(92)71-83(93)87-66-70-103-109(98,99)105-75-77(89-81(91)60-54-48-42-40-36-34-30-26-20-14-8-2)73-101-68-64-79(58-52-46-24-18-12-6)107-85(95)62-56-50-44-38-32-28-22-16-10-4;;/h76-79H,7-75H2,1-6H3,(H,86,92)(H,87,93)(H,88,90)(H,89,91)(H,96,97)(H,98,99);;/q;2*+1/p-2/t76-,77-,78-,79-;;/m1../s1. The second kappa shape index (κ2) is 85.4. The molecular formula is C85H164N4Na2O18P2. The molecule has 0 rings (SSSR count). The molecule has 26 heteroatoms. The summed E-state index contributed by atoms with van der Waals surface area (Å²) < 4.78 is 70.7. The first-order valence-corrected chi connectivity index (χ1v) is 47.7. The van der Waals surface area contributed by atoms with E-state index in [1.54, 1.807) is 0 Å². The van der Waals surface area contributed by atoms with Gasteiger partial charge in [0, 0.05) is 51.6 Å². The van der Waals surface area contributed by atoms with Crippen molar-refractivity contribution in [2.24, 2.45) is 0 Å². The summed E-state index contributed by atoms with van der Waals surface area (Å²) >= 11 is 0. The molecule has 0 aromatic rings. The normalized spacial score (nSPS) is 13.5. The molecule has 0 aromatic carbocycles. The number of hydrogen-bond donors (Lipinski definition) is 4. The summed E-state index contributed by atoms with van der Waals surface area (Å²) in [4.78, 5) is 104. The Bertz CT molecular complexity index is 2090. The number of carbonyl (C=O) groups excluding carboxylic acids is 6. The van der Waals surface area contributed by atoms with E-state index in [9.17, 15) is 47.7 Å². The Labute approximate surface area is 721 Å². The molecule has 0 aliphatic carbocycles. The van der Waals surface area contributed by atoms with Gasteiger partial charge in [0.25, 0.3) is 15.6 Å². The largest absolute Gasteiger partial charge is 1.00 e. The third-order valence-corrected chi connectivity index (χ3v) is 21.8. The van der Waals surface area contributed by atoms with Crippen LogP contribution in [-0.2, 0) is 74.9 Å². The average molecular weight is 1640 g/mol. The monoisotopic (exact) mass is 1640 g/mol. The molecule has 0 fully saturated rings. The molecule has 0 bridgehead atoms. The third-order valence-electron chi connectivity index (χ3n) is 19.9. The predicted molar refractivity (Wildman–Crippen MR) is 437 cm³/mol. The summed E-state index contributed by atoms with van der Waals surface area (Å²) in [5.74, 6) is -2.49. The zero-order valence-corrected chi connectivity index (χ0v) is 78.1. The van der Waals surface area contributed by atoms with E-state index in [1.807, 2.05) is 0 Å². The molecule has 6 atom stereocenters. The van der Waals surface area contributed by atoms with Crippen molar-refractivity contribution in [2.45, 2.75) is 445 Å². The number of rotatable bonds is 86. The van der Waals surface area contributed by atoms with Gasteiger partial charge in [-0.3, -0.25) is 37.9 Å². The summed E-state index contributed by atoms with van der Waals surface area (Å²) in [7, 11) is -9.97. The minimum Gasteiger partial charge on any atom is -0.756 e. The number of nitrogens with one attached hydrogen (secondary N) is 4. The summed E-state index contributed by atoms with van der Waals surface area (Å²) in [5, 5.41) is 10.6.